The van der Waals surface area contributed by atoms with Crippen LogP contribution in [0.25, 0.3) is 0 Å². The maximum Gasteiger partial charge on any atom is 0.226 e. The van der Waals surface area contributed by atoms with Crippen molar-refractivity contribution in [3.8, 4) is 0 Å². The van der Waals surface area contributed by atoms with Gasteiger partial charge in [0.25, 0.3) is 0 Å². The molecule has 0 aromatic heterocycles. The molecule has 118 valence electrons. The van der Waals surface area contributed by atoms with Crippen molar-refractivity contribution in [2.24, 2.45) is 11.8 Å². The topological polar surface area (TPSA) is 58.4 Å². The fourth-order valence-electron chi connectivity index (χ4n) is 2.05. The minimum absolute atomic E-state index is 0.116. The number of anilines is 3. The van der Waals surface area contributed by atoms with Crippen LogP contribution >= 0.6 is 0 Å². The van der Waals surface area contributed by atoms with Gasteiger partial charge in [0.05, 0.1) is 11.4 Å². The van der Waals surface area contributed by atoms with E-state index in [0.717, 1.165) is 24.3 Å². The molecule has 21 heavy (non-hydrogen) atoms. The summed E-state index contributed by atoms with van der Waals surface area (Å²) in [6.07, 6.45) is 1.65. The lowest BCUT2D eigenvalue weighted by Crippen LogP contribution is -2.27. The van der Waals surface area contributed by atoms with Crippen LogP contribution in [-0.4, -0.2) is 19.5 Å². The molecule has 0 spiro atoms. The second kappa shape index (κ2) is 7.91. The molecule has 0 radical (unpaired) electrons. The summed E-state index contributed by atoms with van der Waals surface area (Å²) in [5, 5.41) is 3.34. The molecule has 0 fully saturated rings. The third-order valence-electron chi connectivity index (χ3n) is 3.42. The van der Waals surface area contributed by atoms with Gasteiger partial charge in [-0.2, -0.15) is 0 Å². The first-order chi connectivity index (χ1) is 9.81. The van der Waals surface area contributed by atoms with E-state index in [-0.39, 0.29) is 5.91 Å². The highest BCUT2D eigenvalue weighted by Gasteiger charge is 2.13. The van der Waals surface area contributed by atoms with Crippen molar-refractivity contribution < 1.29 is 4.79 Å². The minimum atomic E-state index is 0.116. The molecular formula is C17H29N3O. The Kier molecular flexibility index (Phi) is 6.53. The van der Waals surface area contributed by atoms with Crippen LogP contribution in [0.1, 0.15) is 40.5 Å². The molecule has 0 aliphatic rings. The summed E-state index contributed by atoms with van der Waals surface area (Å²) in [4.78, 5) is 13.7. The predicted octanol–water partition coefficient (Wildman–Crippen LogP) is 3.74. The van der Waals surface area contributed by atoms with E-state index in [1.54, 1.807) is 11.9 Å². The molecule has 1 aromatic rings. The summed E-state index contributed by atoms with van der Waals surface area (Å²) in [5.41, 5.74) is 8.53. The summed E-state index contributed by atoms with van der Waals surface area (Å²) in [7, 11) is 1.80. The number of amides is 1. The second-order valence-electron chi connectivity index (χ2n) is 6.43. The van der Waals surface area contributed by atoms with Gasteiger partial charge in [0, 0.05) is 25.7 Å². The summed E-state index contributed by atoms with van der Waals surface area (Å²) in [5.74, 6) is 1.14. The van der Waals surface area contributed by atoms with Crippen molar-refractivity contribution in [1.82, 2.24) is 0 Å². The first-order valence-corrected chi connectivity index (χ1v) is 7.71. The zero-order chi connectivity index (χ0) is 16.0. The zero-order valence-corrected chi connectivity index (χ0v) is 13.9. The monoisotopic (exact) mass is 291 g/mol. The molecule has 0 saturated carbocycles. The molecule has 4 nitrogen and oxygen atoms in total. The number of hydrogen-bond acceptors (Lipinski definition) is 3. The van der Waals surface area contributed by atoms with E-state index in [2.05, 4.69) is 19.2 Å². The Hall–Kier alpha value is -1.71. The zero-order valence-electron chi connectivity index (χ0n) is 13.9. The maximum atomic E-state index is 12.1. The van der Waals surface area contributed by atoms with Crippen LogP contribution in [0.2, 0.25) is 0 Å². The average Bonchev–Trinajstić information content (AvgIpc) is 2.38. The van der Waals surface area contributed by atoms with E-state index < -0.39 is 0 Å². The Morgan fingerprint density at radius 1 is 1.24 bits per heavy atom. The normalized spacial score (nSPS) is 11.0. The Bertz CT molecular complexity index is 469. The van der Waals surface area contributed by atoms with Gasteiger partial charge in [0.1, 0.15) is 0 Å². The number of nitrogen functional groups attached to an aromatic ring is 1. The minimum Gasteiger partial charge on any atom is -0.397 e. The number of carbonyl (C=O) groups is 1. The summed E-state index contributed by atoms with van der Waals surface area (Å²) < 4.78 is 0. The van der Waals surface area contributed by atoms with Gasteiger partial charge in [0.15, 0.2) is 0 Å². The van der Waals surface area contributed by atoms with Gasteiger partial charge in [0.2, 0.25) is 5.91 Å². The quantitative estimate of drug-likeness (QED) is 0.752. The van der Waals surface area contributed by atoms with Gasteiger partial charge in [-0.15, -0.1) is 0 Å². The molecule has 3 N–H and O–H groups in total. The maximum absolute atomic E-state index is 12.1. The molecular weight excluding hydrogens is 262 g/mol. The van der Waals surface area contributed by atoms with E-state index >= 15 is 0 Å². The lowest BCUT2D eigenvalue weighted by atomic mass is 10.1. The molecule has 0 heterocycles. The SMILES string of the molecule is CC(C)CCNc1ccc(N(C)C(=O)CC(C)C)cc1N. The number of rotatable bonds is 7. The van der Waals surface area contributed by atoms with Crippen molar-refractivity contribution >= 4 is 23.0 Å². The second-order valence-corrected chi connectivity index (χ2v) is 6.43. The van der Waals surface area contributed by atoms with Crippen LogP contribution < -0.4 is 16.0 Å². The average molecular weight is 291 g/mol. The van der Waals surface area contributed by atoms with Crippen LogP contribution in [0, 0.1) is 11.8 Å². The Balaban J connectivity index is 2.70. The van der Waals surface area contributed by atoms with E-state index in [1.165, 1.54) is 0 Å². The van der Waals surface area contributed by atoms with E-state index in [4.69, 9.17) is 5.73 Å². The van der Waals surface area contributed by atoms with Crippen molar-refractivity contribution in [3.05, 3.63) is 18.2 Å². The third-order valence-corrected chi connectivity index (χ3v) is 3.42. The van der Waals surface area contributed by atoms with E-state index in [9.17, 15) is 4.79 Å². The fraction of sp³-hybridized carbons (Fsp3) is 0.588. The molecule has 0 bridgehead atoms. The van der Waals surface area contributed by atoms with Crippen LogP contribution in [0.5, 0.6) is 0 Å². The van der Waals surface area contributed by atoms with Gasteiger partial charge in [-0.05, 0) is 36.5 Å². The van der Waals surface area contributed by atoms with E-state index in [0.29, 0.717) is 23.9 Å². The van der Waals surface area contributed by atoms with Crippen LogP contribution in [0.4, 0.5) is 17.1 Å². The van der Waals surface area contributed by atoms with Crippen molar-refractivity contribution in [2.75, 3.05) is 29.5 Å². The number of nitrogens with two attached hydrogens (primary N) is 1. The highest BCUT2D eigenvalue weighted by Crippen LogP contribution is 2.25. The lowest BCUT2D eigenvalue weighted by molar-refractivity contribution is -0.119. The first kappa shape index (κ1) is 17.3. The summed E-state index contributed by atoms with van der Waals surface area (Å²) in [6.45, 7) is 9.39. The first-order valence-electron chi connectivity index (χ1n) is 7.71. The van der Waals surface area contributed by atoms with Crippen molar-refractivity contribution in [2.45, 2.75) is 40.5 Å². The Labute approximate surface area is 128 Å². The standard InChI is InChI=1S/C17H29N3O/c1-12(2)8-9-19-16-7-6-14(11-15(16)18)20(5)17(21)10-13(3)4/h6-7,11-13,19H,8-10,18H2,1-5H3. The van der Waals surface area contributed by atoms with Crippen LogP contribution in [-0.2, 0) is 4.79 Å². The van der Waals surface area contributed by atoms with Gasteiger partial charge in [-0.25, -0.2) is 0 Å². The number of benzene rings is 1. The third kappa shape index (κ3) is 5.66. The van der Waals surface area contributed by atoms with Gasteiger partial charge < -0.3 is 16.0 Å². The number of nitrogens with one attached hydrogen (secondary N) is 1. The predicted molar refractivity (Wildman–Crippen MR) is 91.7 cm³/mol. The molecule has 0 saturated heterocycles. The molecule has 4 heteroatoms. The lowest BCUT2D eigenvalue weighted by Gasteiger charge is -2.20. The molecule has 0 aliphatic carbocycles. The largest absolute Gasteiger partial charge is 0.397 e. The van der Waals surface area contributed by atoms with Crippen molar-refractivity contribution in [1.29, 1.82) is 0 Å². The van der Waals surface area contributed by atoms with E-state index in [1.807, 2.05) is 32.0 Å². The fourth-order valence-corrected chi connectivity index (χ4v) is 2.05. The molecule has 0 aliphatic heterocycles. The number of hydrogen-bond donors (Lipinski definition) is 2. The van der Waals surface area contributed by atoms with Crippen LogP contribution in [0.15, 0.2) is 18.2 Å². The molecule has 1 amide bonds. The smallest absolute Gasteiger partial charge is 0.226 e. The van der Waals surface area contributed by atoms with Crippen molar-refractivity contribution in [3.63, 3.8) is 0 Å². The Morgan fingerprint density at radius 2 is 1.90 bits per heavy atom. The van der Waals surface area contributed by atoms with Crippen LogP contribution in [0.3, 0.4) is 0 Å². The van der Waals surface area contributed by atoms with Gasteiger partial charge in [-0.3, -0.25) is 4.79 Å². The molecule has 1 rings (SSSR count). The highest BCUT2D eigenvalue weighted by molar-refractivity contribution is 5.94. The summed E-state index contributed by atoms with van der Waals surface area (Å²) in [6, 6.07) is 5.74. The number of carbonyl (C=O) groups excluding carboxylic acids is 1. The van der Waals surface area contributed by atoms with Gasteiger partial charge >= 0.3 is 0 Å². The van der Waals surface area contributed by atoms with Gasteiger partial charge in [-0.1, -0.05) is 27.7 Å². The Morgan fingerprint density at radius 3 is 2.43 bits per heavy atom. The summed E-state index contributed by atoms with van der Waals surface area (Å²) >= 11 is 0. The highest BCUT2D eigenvalue weighted by atomic mass is 16.2. The molecule has 0 unspecified atom stereocenters. The molecule has 1 aromatic carbocycles. The number of nitrogens with zero attached hydrogens (tertiary/aromatic N) is 1. The molecule has 0 atom stereocenters.